The summed E-state index contributed by atoms with van der Waals surface area (Å²) in [4.78, 5) is 53.8. The first-order chi connectivity index (χ1) is 17.6. The summed E-state index contributed by atoms with van der Waals surface area (Å²) in [5.74, 6) is -2.32. The molecule has 37 heavy (non-hydrogen) atoms. The van der Waals surface area contributed by atoms with Crippen LogP contribution in [0.2, 0.25) is 0 Å². The van der Waals surface area contributed by atoms with Crippen molar-refractivity contribution in [3.8, 4) is 0 Å². The molecule has 0 saturated carbocycles. The third-order valence-corrected chi connectivity index (χ3v) is 7.53. The van der Waals surface area contributed by atoms with E-state index in [2.05, 4.69) is 15.8 Å². The summed E-state index contributed by atoms with van der Waals surface area (Å²) in [7, 11) is 0. The summed E-state index contributed by atoms with van der Waals surface area (Å²) in [5.41, 5.74) is -1.52. The Hall–Kier alpha value is -3.78. The highest BCUT2D eigenvalue weighted by Crippen LogP contribution is 2.49. The fraction of sp³-hybridized carbons (Fsp3) is 0.522. The number of hydrogen-bond acceptors (Lipinski definition) is 10. The normalized spacial score (nSPS) is 28.8. The highest BCUT2D eigenvalue weighted by Gasteiger charge is 2.63. The van der Waals surface area contributed by atoms with Gasteiger partial charge in [0.2, 0.25) is 17.4 Å². The minimum Gasteiger partial charge on any atom is -0.444 e. The fourth-order valence-electron chi connectivity index (χ4n) is 6.12. The number of anilines is 2. The second-order valence-electron chi connectivity index (χ2n) is 9.84. The van der Waals surface area contributed by atoms with Gasteiger partial charge in [-0.25, -0.2) is 14.0 Å². The second-order valence-corrected chi connectivity index (χ2v) is 9.84. The maximum atomic E-state index is 16.1. The summed E-state index contributed by atoms with van der Waals surface area (Å²) >= 11 is 0. The first-order valence-electron chi connectivity index (χ1n) is 11.9. The third kappa shape index (κ3) is 3.25. The number of nitrogens with zero attached hydrogens (tertiary/aromatic N) is 3. The maximum absolute atomic E-state index is 16.1. The lowest BCUT2D eigenvalue weighted by atomic mass is 9.66. The molecule has 13 nitrogen and oxygen atoms in total. The Morgan fingerprint density at radius 2 is 1.92 bits per heavy atom. The van der Waals surface area contributed by atoms with E-state index in [-0.39, 0.29) is 61.1 Å². The number of barbiturate groups is 1. The largest absolute Gasteiger partial charge is 0.444 e. The molecule has 2 aromatic rings. The number of carbonyl (C=O) groups excluding carboxylic acids is 4. The van der Waals surface area contributed by atoms with Crippen LogP contribution in [0.15, 0.2) is 10.6 Å². The number of ether oxygens (including phenoxy) is 2. The van der Waals surface area contributed by atoms with Gasteiger partial charge in [0.15, 0.2) is 17.1 Å². The topological polar surface area (TPSA) is 164 Å². The Bertz CT molecular complexity index is 1340. The molecule has 0 bridgehead atoms. The van der Waals surface area contributed by atoms with E-state index in [4.69, 9.17) is 14.0 Å². The van der Waals surface area contributed by atoms with Crippen molar-refractivity contribution >= 4 is 46.4 Å². The number of aliphatic hydroxyl groups excluding tert-OH is 1. The lowest BCUT2D eigenvalue weighted by molar-refractivity contribution is -0.153. The SMILES string of the molecule is C[C@@H]1CN2c3c(cc4c(N5C[C@@H](CCO)OC5=O)noc4c3F)CC3(C(=O)NC(=O)NC3=O)[C@H]2[C@H](C)O1. The summed E-state index contributed by atoms with van der Waals surface area (Å²) in [6.45, 7) is 3.56. The number of morpholine rings is 1. The van der Waals surface area contributed by atoms with Crippen molar-refractivity contribution in [2.24, 2.45) is 5.41 Å². The predicted octanol–water partition coefficient (Wildman–Crippen LogP) is 0.565. The van der Waals surface area contributed by atoms with Gasteiger partial charge in [0.25, 0.3) is 0 Å². The van der Waals surface area contributed by atoms with Crippen LogP contribution in [-0.4, -0.2) is 78.3 Å². The number of carbonyl (C=O) groups is 4. The molecule has 5 amide bonds. The Morgan fingerprint density at radius 1 is 1.19 bits per heavy atom. The monoisotopic (exact) mass is 517 g/mol. The molecule has 3 saturated heterocycles. The lowest BCUT2D eigenvalue weighted by Crippen LogP contribution is -2.75. The number of imide groups is 2. The van der Waals surface area contributed by atoms with Gasteiger partial charge in [-0.1, -0.05) is 5.16 Å². The molecule has 3 N–H and O–H groups in total. The number of urea groups is 1. The van der Waals surface area contributed by atoms with Gasteiger partial charge < -0.3 is 24.0 Å². The van der Waals surface area contributed by atoms with E-state index >= 15 is 4.39 Å². The second kappa shape index (κ2) is 8.11. The Morgan fingerprint density at radius 3 is 2.62 bits per heavy atom. The molecule has 0 unspecified atom stereocenters. The van der Waals surface area contributed by atoms with Gasteiger partial charge in [-0.2, -0.15) is 0 Å². The number of rotatable bonds is 3. The molecule has 196 valence electrons. The number of cyclic esters (lactones) is 1. The van der Waals surface area contributed by atoms with E-state index in [1.807, 2.05) is 0 Å². The summed E-state index contributed by atoms with van der Waals surface area (Å²) in [6, 6.07) is -0.290. The van der Waals surface area contributed by atoms with Gasteiger partial charge in [0.05, 0.1) is 35.9 Å². The smallest absolute Gasteiger partial charge is 0.416 e. The molecular weight excluding hydrogens is 493 g/mol. The minimum absolute atomic E-state index is 0.0229. The number of amides is 5. The number of aliphatic hydroxyl groups is 1. The molecule has 1 spiro atoms. The third-order valence-electron chi connectivity index (χ3n) is 7.53. The van der Waals surface area contributed by atoms with Crippen molar-refractivity contribution < 1.29 is 42.7 Å². The van der Waals surface area contributed by atoms with Crippen LogP contribution in [0.5, 0.6) is 0 Å². The average molecular weight is 517 g/mol. The van der Waals surface area contributed by atoms with Gasteiger partial charge in [0, 0.05) is 26.0 Å². The van der Waals surface area contributed by atoms with E-state index in [0.717, 1.165) is 0 Å². The standard InChI is InChI=1S/C23H24FN5O8/c1-9-7-28-15-11(6-23(17(28)10(2)35-9)19(31)25-21(33)26-20(23)32)5-13-16(14(15)24)37-27-18(13)29-8-12(3-4-30)36-22(29)34/h5,9-10,12,17,30H,3-4,6-8H2,1-2H3,(H2,25,26,31,32,33)/t9-,10+,12-,17-/m1/s1. The van der Waals surface area contributed by atoms with Gasteiger partial charge >= 0.3 is 12.1 Å². The summed E-state index contributed by atoms with van der Waals surface area (Å²) < 4.78 is 32.7. The molecule has 6 rings (SSSR count). The van der Waals surface area contributed by atoms with E-state index in [1.54, 1.807) is 24.8 Å². The van der Waals surface area contributed by atoms with E-state index in [9.17, 15) is 24.3 Å². The zero-order valence-corrected chi connectivity index (χ0v) is 19.9. The van der Waals surface area contributed by atoms with Crippen LogP contribution < -0.4 is 20.4 Å². The minimum atomic E-state index is -1.78. The number of nitrogens with one attached hydrogen (secondary N) is 2. The molecule has 14 heteroatoms. The van der Waals surface area contributed by atoms with Crippen molar-refractivity contribution in [3.05, 3.63) is 17.4 Å². The molecule has 5 heterocycles. The average Bonchev–Trinajstić information content (AvgIpc) is 3.40. The zero-order valence-electron chi connectivity index (χ0n) is 19.9. The Kier molecular flexibility index (Phi) is 5.18. The van der Waals surface area contributed by atoms with Crippen molar-refractivity contribution in [2.75, 3.05) is 29.5 Å². The van der Waals surface area contributed by atoms with Crippen LogP contribution in [0.4, 0.5) is 25.5 Å². The predicted molar refractivity (Wildman–Crippen MR) is 122 cm³/mol. The maximum Gasteiger partial charge on any atom is 0.416 e. The van der Waals surface area contributed by atoms with Gasteiger partial charge in [-0.15, -0.1) is 0 Å². The summed E-state index contributed by atoms with van der Waals surface area (Å²) in [6.07, 6.45) is -2.31. The number of fused-ring (bicyclic) bond motifs is 5. The van der Waals surface area contributed by atoms with E-state index in [0.29, 0.717) is 5.56 Å². The molecule has 0 radical (unpaired) electrons. The molecule has 1 aromatic heterocycles. The number of aromatic nitrogens is 1. The van der Waals surface area contributed by atoms with Crippen LogP contribution in [0.1, 0.15) is 25.8 Å². The van der Waals surface area contributed by atoms with Crippen LogP contribution >= 0.6 is 0 Å². The summed E-state index contributed by atoms with van der Waals surface area (Å²) in [5, 5.41) is 17.7. The van der Waals surface area contributed by atoms with Crippen molar-refractivity contribution in [2.45, 2.75) is 51.0 Å². The number of halogens is 1. The molecule has 4 aliphatic rings. The molecule has 3 fully saturated rings. The van der Waals surface area contributed by atoms with Crippen molar-refractivity contribution in [1.82, 2.24) is 15.8 Å². The lowest BCUT2D eigenvalue weighted by Gasteiger charge is -2.55. The van der Waals surface area contributed by atoms with E-state index < -0.39 is 53.4 Å². The highest BCUT2D eigenvalue weighted by molar-refractivity contribution is 6.20. The molecule has 1 aromatic carbocycles. The molecular formula is C23H24FN5O8. The molecule has 0 aliphatic carbocycles. The van der Waals surface area contributed by atoms with Crippen molar-refractivity contribution in [1.29, 1.82) is 0 Å². The van der Waals surface area contributed by atoms with Crippen LogP contribution in [0.25, 0.3) is 11.0 Å². The van der Waals surface area contributed by atoms with Gasteiger partial charge in [-0.3, -0.25) is 25.1 Å². The quantitative estimate of drug-likeness (QED) is 0.490. The zero-order chi connectivity index (χ0) is 26.2. The van der Waals surface area contributed by atoms with Gasteiger partial charge in [-0.05, 0) is 25.5 Å². The van der Waals surface area contributed by atoms with Crippen LogP contribution in [0, 0.1) is 11.2 Å². The molecule has 4 aliphatic heterocycles. The van der Waals surface area contributed by atoms with Crippen LogP contribution in [0.3, 0.4) is 0 Å². The van der Waals surface area contributed by atoms with Crippen molar-refractivity contribution in [3.63, 3.8) is 0 Å². The van der Waals surface area contributed by atoms with Gasteiger partial charge in [0.1, 0.15) is 6.10 Å². The fourth-order valence-corrected chi connectivity index (χ4v) is 6.12. The molecule has 4 atom stereocenters. The number of benzene rings is 1. The van der Waals surface area contributed by atoms with E-state index in [1.165, 1.54) is 4.90 Å². The number of hydrogen-bond donors (Lipinski definition) is 3. The highest BCUT2D eigenvalue weighted by atomic mass is 19.1. The Balaban J connectivity index is 1.52. The Labute approximate surface area is 208 Å². The van der Waals surface area contributed by atoms with Crippen LogP contribution in [-0.2, 0) is 25.5 Å². The first-order valence-corrected chi connectivity index (χ1v) is 11.9. The first kappa shape index (κ1) is 23.6.